The molecule has 30 heavy (non-hydrogen) atoms. The third-order valence-electron chi connectivity index (χ3n) is 5.85. The fourth-order valence-electron chi connectivity index (χ4n) is 4.17. The van der Waals surface area contributed by atoms with Crippen molar-refractivity contribution < 1.29 is 9.21 Å². The molecule has 6 nitrogen and oxygen atoms in total. The predicted octanol–water partition coefficient (Wildman–Crippen LogP) is 4.60. The number of amides is 1. The van der Waals surface area contributed by atoms with Crippen LogP contribution in [0.1, 0.15) is 49.3 Å². The molecule has 2 fully saturated rings. The summed E-state index contributed by atoms with van der Waals surface area (Å²) >= 11 is 5.91. The first-order valence-electron chi connectivity index (χ1n) is 10.5. The van der Waals surface area contributed by atoms with Gasteiger partial charge in [-0.3, -0.25) is 4.79 Å². The van der Waals surface area contributed by atoms with Crippen LogP contribution in [0.15, 0.2) is 28.7 Å². The Morgan fingerprint density at radius 3 is 2.47 bits per heavy atom. The first-order valence-corrected chi connectivity index (χ1v) is 10.9. The number of benzene rings is 1. The summed E-state index contributed by atoms with van der Waals surface area (Å²) < 4.78 is 5.88. The van der Waals surface area contributed by atoms with Crippen LogP contribution in [-0.2, 0) is 4.79 Å². The summed E-state index contributed by atoms with van der Waals surface area (Å²) in [6.07, 6.45) is 9.21. The summed E-state index contributed by atoms with van der Waals surface area (Å²) in [4.78, 5) is 21.0. The molecule has 1 aliphatic heterocycles. The lowest BCUT2D eigenvalue weighted by molar-refractivity contribution is -0.136. The summed E-state index contributed by atoms with van der Waals surface area (Å²) in [7, 11) is 0. The number of piperazine rings is 1. The Hall–Kier alpha value is -2.78. The number of oxazole rings is 1. The molecule has 1 saturated heterocycles. The van der Waals surface area contributed by atoms with E-state index in [9.17, 15) is 10.1 Å². The highest BCUT2D eigenvalue weighted by molar-refractivity contribution is 6.30. The second-order valence-electron chi connectivity index (χ2n) is 7.85. The van der Waals surface area contributed by atoms with E-state index >= 15 is 0 Å². The van der Waals surface area contributed by atoms with Crippen molar-refractivity contribution in [2.75, 3.05) is 31.1 Å². The Bertz CT molecular complexity index is 947. The van der Waals surface area contributed by atoms with Gasteiger partial charge in [0.2, 0.25) is 23.4 Å². The van der Waals surface area contributed by atoms with Gasteiger partial charge in [0.25, 0.3) is 0 Å². The van der Waals surface area contributed by atoms with Gasteiger partial charge in [0.05, 0.1) is 0 Å². The topological polar surface area (TPSA) is 73.4 Å². The Kier molecular flexibility index (Phi) is 6.39. The van der Waals surface area contributed by atoms with E-state index < -0.39 is 0 Å². The largest absolute Gasteiger partial charge is 0.420 e. The van der Waals surface area contributed by atoms with Crippen LogP contribution in [-0.4, -0.2) is 42.0 Å². The minimum atomic E-state index is 0.190. The molecule has 0 N–H and O–H groups in total. The van der Waals surface area contributed by atoms with Crippen molar-refractivity contribution in [3.05, 3.63) is 46.4 Å². The number of carbonyl (C=O) groups excluding carboxylic acids is 1. The van der Waals surface area contributed by atoms with Crippen LogP contribution < -0.4 is 4.90 Å². The molecular formula is C23H25ClN4O2. The Morgan fingerprint density at radius 1 is 1.10 bits per heavy atom. The van der Waals surface area contributed by atoms with E-state index in [1.807, 2.05) is 40.1 Å². The normalized spacial score (nSPS) is 18.0. The molecule has 0 radical (unpaired) electrons. The number of carbonyl (C=O) groups is 1. The highest BCUT2D eigenvalue weighted by Gasteiger charge is 2.30. The Labute approximate surface area is 181 Å². The monoisotopic (exact) mass is 424 g/mol. The molecule has 0 unspecified atom stereocenters. The maximum absolute atomic E-state index is 12.8. The molecule has 2 aromatic rings. The van der Waals surface area contributed by atoms with Gasteiger partial charge >= 0.3 is 0 Å². The third-order valence-corrected chi connectivity index (χ3v) is 6.11. The molecule has 1 aliphatic carbocycles. The lowest BCUT2D eigenvalue weighted by Crippen LogP contribution is -2.50. The maximum atomic E-state index is 12.8. The zero-order valence-electron chi connectivity index (χ0n) is 16.9. The minimum absolute atomic E-state index is 0.190. The first kappa shape index (κ1) is 20.5. The van der Waals surface area contributed by atoms with Crippen LogP contribution in [0.5, 0.6) is 0 Å². The lowest BCUT2D eigenvalue weighted by Gasteiger charge is -2.37. The van der Waals surface area contributed by atoms with E-state index in [1.165, 1.54) is 6.42 Å². The number of halogens is 1. The molecule has 4 rings (SSSR count). The molecule has 0 atom stereocenters. The van der Waals surface area contributed by atoms with Gasteiger partial charge in [-0.1, -0.05) is 43.0 Å². The van der Waals surface area contributed by atoms with Crippen molar-refractivity contribution in [1.29, 1.82) is 5.26 Å². The predicted molar refractivity (Wildman–Crippen MR) is 117 cm³/mol. The summed E-state index contributed by atoms with van der Waals surface area (Å²) in [6.45, 7) is 2.58. The summed E-state index contributed by atoms with van der Waals surface area (Å²) in [5.41, 5.74) is 1.24. The molecule has 0 bridgehead atoms. The molecule has 156 valence electrons. The molecule has 1 amide bonds. The van der Waals surface area contributed by atoms with Crippen LogP contribution in [0, 0.1) is 17.2 Å². The van der Waals surface area contributed by atoms with Crippen molar-refractivity contribution in [1.82, 2.24) is 9.88 Å². The molecular weight excluding hydrogens is 400 g/mol. The van der Waals surface area contributed by atoms with E-state index in [1.54, 1.807) is 6.08 Å². The van der Waals surface area contributed by atoms with Gasteiger partial charge in [0.1, 0.15) is 6.07 Å². The number of hydrogen-bond donors (Lipinski definition) is 0. The lowest BCUT2D eigenvalue weighted by atomic mass is 9.88. The average Bonchev–Trinajstić information content (AvgIpc) is 3.22. The van der Waals surface area contributed by atoms with Gasteiger partial charge in [-0.2, -0.15) is 10.2 Å². The molecule has 2 heterocycles. The van der Waals surface area contributed by atoms with Crippen molar-refractivity contribution >= 4 is 35.5 Å². The number of nitriles is 1. The van der Waals surface area contributed by atoms with Crippen LogP contribution in [0.4, 0.5) is 5.88 Å². The summed E-state index contributed by atoms with van der Waals surface area (Å²) in [6, 6.07) is 9.56. The zero-order valence-corrected chi connectivity index (χ0v) is 17.6. The van der Waals surface area contributed by atoms with Crippen molar-refractivity contribution in [2.45, 2.75) is 32.1 Å². The highest BCUT2D eigenvalue weighted by Crippen LogP contribution is 2.28. The quantitative estimate of drug-likeness (QED) is 0.717. The smallest absolute Gasteiger partial charge is 0.235 e. The highest BCUT2D eigenvalue weighted by atomic mass is 35.5. The molecule has 1 aromatic heterocycles. The molecule has 0 spiro atoms. The number of nitrogens with zero attached hydrogens (tertiary/aromatic N) is 4. The van der Waals surface area contributed by atoms with Crippen molar-refractivity contribution in [3.63, 3.8) is 0 Å². The van der Waals surface area contributed by atoms with Crippen molar-refractivity contribution in [2.24, 2.45) is 5.92 Å². The van der Waals surface area contributed by atoms with E-state index in [0.29, 0.717) is 48.9 Å². The van der Waals surface area contributed by atoms with Gasteiger partial charge < -0.3 is 14.2 Å². The van der Waals surface area contributed by atoms with E-state index in [4.69, 9.17) is 16.0 Å². The number of aromatic nitrogens is 1. The fraction of sp³-hybridized carbons (Fsp3) is 0.435. The van der Waals surface area contributed by atoms with E-state index in [-0.39, 0.29) is 11.6 Å². The van der Waals surface area contributed by atoms with Crippen LogP contribution in [0.25, 0.3) is 12.2 Å². The van der Waals surface area contributed by atoms with E-state index in [2.05, 4.69) is 11.1 Å². The molecule has 7 heteroatoms. The second kappa shape index (κ2) is 9.36. The fourth-order valence-corrected chi connectivity index (χ4v) is 4.29. The minimum Gasteiger partial charge on any atom is -0.420 e. The summed E-state index contributed by atoms with van der Waals surface area (Å²) in [5, 5.41) is 10.2. The van der Waals surface area contributed by atoms with Crippen LogP contribution >= 0.6 is 11.6 Å². The Morgan fingerprint density at radius 2 is 1.80 bits per heavy atom. The SMILES string of the molecule is N#Cc1nc(/C=C/c2ccc(Cl)cc2)oc1N1CCN(C(=O)C2CCCCC2)CC1. The van der Waals surface area contributed by atoms with E-state index in [0.717, 1.165) is 31.2 Å². The number of anilines is 1. The number of hydrogen-bond acceptors (Lipinski definition) is 5. The second-order valence-corrected chi connectivity index (χ2v) is 8.29. The first-order chi connectivity index (χ1) is 14.6. The van der Waals surface area contributed by atoms with Crippen LogP contribution in [0.2, 0.25) is 5.02 Å². The van der Waals surface area contributed by atoms with Gasteiger partial charge in [-0.15, -0.1) is 0 Å². The van der Waals surface area contributed by atoms with Gasteiger partial charge in [0.15, 0.2) is 0 Å². The van der Waals surface area contributed by atoms with Gasteiger partial charge in [0, 0.05) is 43.2 Å². The van der Waals surface area contributed by atoms with Gasteiger partial charge in [-0.05, 0) is 36.6 Å². The molecule has 1 aromatic carbocycles. The number of rotatable bonds is 4. The average molecular weight is 425 g/mol. The summed E-state index contributed by atoms with van der Waals surface area (Å²) in [5.74, 6) is 1.35. The third kappa shape index (κ3) is 4.68. The Balaban J connectivity index is 1.40. The zero-order chi connectivity index (χ0) is 20.9. The van der Waals surface area contributed by atoms with Gasteiger partial charge in [-0.25, -0.2) is 0 Å². The standard InChI is InChI=1S/C23H25ClN4O2/c24-19-9-6-17(7-10-19)8-11-21-26-20(16-25)23(30-21)28-14-12-27(13-15-28)22(29)18-4-2-1-3-5-18/h6-11,18H,1-5,12-15H2/b11-8+. The van der Waals surface area contributed by atoms with Crippen molar-refractivity contribution in [3.8, 4) is 6.07 Å². The van der Waals surface area contributed by atoms with Crippen LogP contribution in [0.3, 0.4) is 0 Å². The molecule has 1 saturated carbocycles. The molecule has 2 aliphatic rings. The maximum Gasteiger partial charge on any atom is 0.235 e.